The smallest absolute Gasteiger partial charge is 0.165 e. The molecule has 1 aliphatic rings. The number of likely N-dealkylation sites (N-methyl/N-ethyl adjacent to an activating group) is 1. The third-order valence-electron chi connectivity index (χ3n) is 3.57. The maximum Gasteiger partial charge on any atom is 0.165 e. The van der Waals surface area contributed by atoms with Crippen LogP contribution in [0, 0.1) is 5.82 Å². The highest BCUT2D eigenvalue weighted by Crippen LogP contribution is 2.17. The number of rotatable bonds is 5. The van der Waals surface area contributed by atoms with E-state index in [1.165, 1.54) is 13.2 Å². The van der Waals surface area contributed by atoms with Gasteiger partial charge in [0.25, 0.3) is 0 Å². The Bertz CT molecular complexity index is 414. The summed E-state index contributed by atoms with van der Waals surface area (Å²) < 4.78 is 18.4. The van der Waals surface area contributed by atoms with E-state index in [9.17, 15) is 4.39 Å². The normalized spacial score (nSPS) is 20.5. The van der Waals surface area contributed by atoms with E-state index < -0.39 is 0 Å². The summed E-state index contributed by atoms with van der Waals surface area (Å²) in [7, 11) is 3.61. The molecule has 0 amide bonds. The number of nitrogens with zero attached hydrogens (tertiary/aromatic N) is 1. The molecule has 19 heavy (non-hydrogen) atoms. The number of hydrogen-bond acceptors (Lipinski definition) is 4. The average molecular weight is 267 g/mol. The van der Waals surface area contributed by atoms with Gasteiger partial charge in [-0.25, -0.2) is 4.39 Å². The summed E-state index contributed by atoms with van der Waals surface area (Å²) in [4.78, 5) is 2.35. The number of nitrogens with one attached hydrogen (secondary N) is 2. The lowest BCUT2D eigenvalue weighted by atomic mass is 10.2. The molecule has 0 bridgehead atoms. The highest BCUT2D eigenvalue weighted by molar-refractivity contribution is 5.29. The van der Waals surface area contributed by atoms with E-state index in [0.717, 1.165) is 31.7 Å². The number of ether oxygens (including phenoxy) is 1. The van der Waals surface area contributed by atoms with Crippen molar-refractivity contribution in [3.05, 3.63) is 29.6 Å². The van der Waals surface area contributed by atoms with Crippen molar-refractivity contribution >= 4 is 0 Å². The van der Waals surface area contributed by atoms with E-state index in [2.05, 4.69) is 22.6 Å². The van der Waals surface area contributed by atoms with Gasteiger partial charge in [0.1, 0.15) is 0 Å². The second kappa shape index (κ2) is 6.84. The van der Waals surface area contributed by atoms with Gasteiger partial charge in [0.2, 0.25) is 0 Å². The first-order valence-electron chi connectivity index (χ1n) is 6.65. The highest BCUT2D eigenvalue weighted by atomic mass is 19.1. The second-order valence-electron chi connectivity index (χ2n) is 4.94. The molecule has 2 N–H and O–H groups in total. The summed E-state index contributed by atoms with van der Waals surface area (Å²) in [5.74, 6) is -0.0155. The predicted molar refractivity (Wildman–Crippen MR) is 73.9 cm³/mol. The van der Waals surface area contributed by atoms with Crippen LogP contribution in [0.3, 0.4) is 0 Å². The van der Waals surface area contributed by atoms with Crippen LogP contribution < -0.4 is 15.4 Å². The van der Waals surface area contributed by atoms with Gasteiger partial charge in [-0.05, 0) is 24.7 Å². The van der Waals surface area contributed by atoms with Crippen LogP contribution in [0.4, 0.5) is 4.39 Å². The molecule has 1 aromatic rings. The van der Waals surface area contributed by atoms with Crippen molar-refractivity contribution in [2.75, 3.05) is 40.3 Å². The van der Waals surface area contributed by atoms with Gasteiger partial charge in [-0.3, -0.25) is 4.90 Å². The van der Waals surface area contributed by atoms with Crippen molar-refractivity contribution < 1.29 is 9.13 Å². The fourth-order valence-electron chi connectivity index (χ4n) is 2.29. The molecule has 1 aromatic carbocycles. The molecule has 1 heterocycles. The largest absolute Gasteiger partial charge is 0.494 e. The topological polar surface area (TPSA) is 36.5 Å². The van der Waals surface area contributed by atoms with Crippen molar-refractivity contribution in [3.63, 3.8) is 0 Å². The second-order valence-corrected chi connectivity index (χ2v) is 4.94. The summed E-state index contributed by atoms with van der Waals surface area (Å²) in [5.41, 5.74) is 0.935. The van der Waals surface area contributed by atoms with Gasteiger partial charge in [-0.1, -0.05) is 6.07 Å². The standard InChI is InChI=1S/C14H22FN3O/c1-18-6-5-16-9-12(18)10-17-8-11-3-4-14(19-2)13(15)7-11/h3-4,7,12,16-17H,5-6,8-10H2,1-2H3. The third kappa shape index (κ3) is 3.89. The lowest BCUT2D eigenvalue weighted by molar-refractivity contribution is 0.195. The molecule has 2 rings (SSSR count). The minimum atomic E-state index is -0.307. The summed E-state index contributed by atoms with van der Waals surface area (Å²) in [6.07, 6.45) is 0. The molecule has 0 aliphatic carbocycles. The van der Waals surface area contributed by atoms with Crippen molar-refractivity contribution in [1.29, 1.82) is 0 Å². The first-order chi connectivity index (χ1) is 9.20. The van der Waals surface area contributed by atoms with Crippen LogP contribution >= 0.6 is 0 Å². The Kier molecular flexibility index (Phi) is 5.13. The van der Waals surface area contributed by atoms with E-state index >= 15 is 0 Å². The van der Waals surface area contributed by atoms with E-state index in [1.807, 2.05) is 6.07 Å². The van der Waals surface area contributed by atoms with Crippen LogP contribution in [-0.2, 0) is 6.54 Å². The lowest BCUT2D eigenvalue weighted by Crippen LogP contribution is -2.53. The molecule has 0 spiro atoms. The van der Waals surface area contributed by atoms with E-state index in [0.29, 0.717) is 18.3 Å². The van der Waals surface area contributed by atoms with E-state index in [1.54, 1.807) is 6.07 Å². The number of benzene rings is 1. The maximum absolute atomic E-state index is 13.5. The van der Waals surface area contributed by atoms with Crippen molar-refractivity contribution in [2.24, 2.45) is 0 Å². The van der Waals surface area contributed by atoms with Gasteiger partial charge in [0.15, 0.2) is 11.6 Å². The average Bonchev–Trinajstić information content (AvgIpc) is 2.41. The van der Waals surface area contributed by atoms with Crippen molar-refractivity contribution in [3.8, 4) is 5.75 Å². The molecule has 1 aliphatic heterocycles. The van der Waals surface area contributed by atoms with Crippen LogP contribution in [0.25, 0.3) is 0 Å². The van der Waals surface area contributed by atoms with Gasteiger partial charge in [-0.2, -0.15) is 0 Å². The van der Waals surface area contributed by atoms with Gasteiger partial charge < -0.3 is 15.4 Å². The van der Waals surface area contributed by atoms with E-state index in [4.69, 9.17) is 4.74 Å². The molecule has 1 atom stereocenters. The first-order valence-corrected chi connectivity index (χ1v) is 6.65. The molecule has 1 saturated heterocycles. The summed E-state index contributed by atoms with van der Waals surface area (Å²) in [6.45, 7) is 4.70. The molecule has 106 valence electrons. The molecular weight excluding hydrogens is 245 g/mol. The van der Waals surface area contributed by atoms with Crippen LogP contribution in [-0.4, -0.2) is 51.3 Å². The molecular formula is C14H22FN3O. The summed E-state index contributed by atoms with van der Waals surface area (Å²) in [5, 5.41) is 6.76. The number of hydrogen-bond donors (Lipinski definition) is 2. The number of methoxy groups -OCH3 is 1. The first kappa shape index (κ1) is 14.2. The quantitative estimate of drug-likeness (QED) is 0.828. The van der Waals surface area contributed by atoms with Gasteiger partial charge in [0.05, 0.1) is 7.11 Å². The van der Waals surface area contributed by atoms with Crippen molar-refractivity contribution in [2.45, 2.75) is 12.6 Å². The van der Waals surface area contributed by atoms with Crippen LogP contribution in [0.2, 0.25) is 0 Å². The monoisotopic (exact) mass is 267 g/mol. The molecule has 5 heteroatoms. The zero-order chi connectivity index (χ0) is 13.7. The van der Waals surface area contributed by atoms with Gasteiger partial charge >= 0.3 is 0 Å². The fourth-order valence-corrected chi connectivity index (χ4v) is 2.29. The minimum Gasteiger partial charge on any atom is -0.494 e. The predicted octanol–water partition coefficient (Wildman–Crippen LogP) is 0.828. The molecule has 0 radical (unpaired) electrons. The molecule has 1 unspecified atom stereocenters. The molecule has 0 aromatic heterocycles. The molecule has 0 saturated carbocycles. The molecule has 4 nitrogen and oxygen atoms in total. The Hall–Kier alpha value is -1.17. The zero-order valence-corrected chi connectivity index (χ0v) is 11.6. The number of piperazine rings is 1. The van der Waals surface area contributed by atoms with Gasteiger partial charge in [-0.15, -0.1) is 0 Å². The Balaban J connectivity index is 1.80. The van der Waals surface area contributed by atoms with E-state index in [-0.39, 0.29) is 5.82 Å². The zero-order valence-electron chi connectivity index (χ0n) is 11.6. The summed E-state index contributed by atoms with van der Waals surface area (Å²) >= 11 is 0. The summed E-state index contributed by atoms with van der Waals surface area (Å²) in [6, 6.07) is 5.57. The van der Waals surface area contributed by atoms with Crippen LogP contribution in [0.15, 0.2) is 18.2 Å². The maximum atomic E-state index is 13.5. The highest BCUT2D eigenvalue weighted by Gasteiger charge is 2.17. The van der Waals surface area contributed by atoms with Crippen LogP contribution in [0.1, 0.15) is 5.56 Å². The Morgan fingerprint density at radius 2 is 2.37 bits per heavy atom. The SMILES string of the molecule is COc1ccc(CNCC2CNCCN2C)cc1F. The van der Waals surface area contributed by atoms with Crippen LogP contribution in [0.5, 0.6) is 5.75 Å². The third-order valence-corrected chi connectivity index (χ3v) is 3.57. The molecule has 1 fully saturated rings. The Labute approximate surface area is 113 Å². The number of halogens is 1. The lowest BCUT2D eigenvalue weighted by Gasteiger charge is -2.33. The van der Waals surface area contributed by atoms with Crippen molar-refractivity contribution in [1.82, 2.24) is 15.5 Å². The Morgan fingerprint density at radius 3 is 3.05 bits per heavy atom. The fraction of sp³-hybridized carbons (Fsp3) is 0.571. The Morgan fingerprint density at radius 1 is 1.53 bits per heavy atom. The van der Waals surface area contributed by atoms with Gasteiger partial charge in [0, 0.05) is 38.8 Å². The minimum absolute atomic E-state index is 0.292.